The highest BCUT2D eigenvalue weighted by molar-refractivity contribution is 7.80. The molecule has 1 aromatic rings. The molecule has 110 valence electrons. The van der Waals surface area contributed by atoms with Crippen molar-refractivity contribution in [2.75, 3.05) is 26.2 Å². The topological polar surface area (TPSA) is 38.5 Å². The maximum absolute atomic E-state index is 5.79. The van der Waals surface area contributed by atoms with Gasteiger partial charge in [-0.05, 0) is 50.2 Å². The highest BCUT2D eigenvalue weighted by Crippen LogP contribution is 2.13. The van der Waals surface area contributed by atoms with Gasteiger partial charge in [-0.25, -0.2) is 0 Å². The molecule has 1 aliphatic heterocycles. The fourth-order valence-corrected chi connectivity index (χ4v) is 2.68. The van der Waals surface area contributed by atoms with Gasteiger partial charge >= 0.3 is 0 Å². The molecule has 2 rings (SSSR count). The summed E-state index contributed by atoms with van der Waals surface area (Å²) in [6.45, 7) is 4.18. The van der Waals surface area contributed by atoms with E-state index in [4.69, 9.17) is 22.7 Å². The maximum atomic E-state index is 5.79. The van der Waals surface area contributed by atoms with Crippen LogP contribution in [0.1, 0.15) is 37.7 Å². The number of thiocarbonyl (C=S) groups is 1. The summed E-state index contributed by atoms with van der Waals surface area (Å²) in [6.07, 6.45) is 6.79. The van der Waals surface area contributed by atoms with Gasteiger partial charge in [0.2, 0.25) is 0 Å². The first-order chi connectivity index (χ1) is 9.75. The van der Waals surface area contributed by atoms with E-state index in [1.165, 1.54) is 45.2 Å². The van der Waals surface area contributed by atoms with Crippen LogP contribution < -0.4 is 10.5 Å². The molecule has 1 aromatic carbocycles. The second kappa shape index (κ2) is 8.22. The van der Waals surface area contributed by atoms with Gasteiger partial charge in [0, 0.05) is 12.1 Å². The van der Waals surface area contributed by atoms with Crippen molar-refractivity contribution in [3.8, 4) is 5.75 Å². The molecule has 1 heterocycles. The first-order valence-electron chi connectivity index (χ1n) is 7.51. The minimum absolute atomic E-state index is 0.428. The Labute approximate surface area is 127 Å². The van der Waals surface area contributed by atoms with Gasteiger partial charge < -0.3 is 10.5 Å². The molecular formula is C16H24N2OS. The third kappa shape index (κ3) is 5.10. The molecule has 0 saturated carbocycles. The van der Waals surface area contributed by atoms with Crippen molar-refractivity contribution in [2.24, 2.45) is 5.73 Å². The van der Waals surface area contributed by atoms with Gasteiger partial charge in [0.25, 0.3) is 0 Å². The second-order valence-corrected chi connectivity index (χ2v) is 5.79. The lowest BCUT2D eigenvalue weighted by atomic mass is 10.1. The molecule has 0 amide bonds. The van der Waals surface area contributed by atoms with Crippen molar-refractivity contribution < 1.29 is 4.74 Å². The van der Waals surface area contributed by atoms with Gasteiger partial charge in [0.15, 0.2) is 0 Å². The van der Waals surface area contributed by atoms with Gasteiger partial charge in [0.05, 0.1) is 0 Å². The summed E-state index contributed by atoms with van der Waals surface area (Å²) in [5.74, 6) is 0.886. The molecule has 2 N–H and O–H groups in total. The third-order valence-electron chi connectivity index (χ3n) is 3.76. The Morgan fingerprint density at radius 1 is 1.05 bits per heavy atom. The van der Waals surface area contributed by atoms with Crippen LogP contribution in [0.25, 0.3) is 0 Å². The molecule has 20 heavy (non-hydrogen) atoms. The Hall–Kier alpha value is -1.13. The van der Waals surface area contributed by atoms with Gasteiger partial charge in [-0.3, -0.25) is 4.90 Å². The Morgan fingerprint density at radius 2 is 1.65 bits per heavy atom. The van der Waals surface area contributed by atoms with Crippen molar-refractivity contribution in [1.29, 1.82) is 0 Å². The minimum atomic E-state index is 0.428. The van der Waals surface area contributed by atoms with Crippen molar-refractivity contribution in [3.63, 3.8) is 0 Å². The molecule has 0 bridgehead atoms. The minimum Gasteiger partial charge on any atom is -0.492 e. The molecule has 4 heteroatoms. The van der Waals surface area contributed by atoms with Crippen LogP contribution in [0, 0.1) is 0 Å². The summed E-state index contributed by atoms with van der Waals surface area (Å²) in [4.78, 5) is 2.94. The average Bonchev–Trinajstić information content (AvgIpc) is 2.41. The monoisotopic (exact) mass is 292 g/mol. The molecule has 0 radical (unpaired) electrons. The smallest absolute Gasteiger partial charge is 0.119 e. The quantitative estimate of drug-likeness (QED) is 0.847. The fourth-order valence-electron chi connectivity index (χ4n) is 2.54. The van der Waals surface area contributed by atoms with Gasteiger partial charge in [0.1, 0.15) is 17.3 Å². The largest absolute Gasteiger partial charge is 0.492 e. The highest BCUT2D eigenvalue weighted by Gasteiger charge is 2.07. The number of likely N-dealkylation sites (tertiary alicyclic amines) is 1. The van der Waals surface area contributed by atoms with Crippen molar-refractivity contribution in [3.05, 3.63) is 29.8 Å². The van der Waals surface area contributed by atoms with E-state index in [9.17, 15) is 0 Å². The molecule has 1 aliphatic rings. The summed E-state index contributed by atoms with van der Waals surface area (Å²) in [6, 6.07) is 7.69. The number of ether oxygens (including phenoxy) is 1. The van der Waals surface area contributed by atoms with Crippen molar-refractivity contribution in [2.45, 2.75) is 32.1 Å². The Balaban J connectivity index is 1.72. The van der Waals surface area contributed by atoms with E-state index < -0.39 is 0 Å². The van der Waals surface area contributed by atoms with Crippen LogP contribution in [-0.2, 0) is 0 Å². The van der Waals surface area contributed by atoms with Gasteiger partial charge in [-0.15, -0.1) is 0 Å². The van der Waals surface area contributed by atoms with Crippen LogP contribution in [0.3, 0.4) is 0 Å². The molecule has 1 fully saturated rings. The molecular weight excluding hydrogens is 268 g/mol. The molecule has 1 saturated heterocycles. The van der Waals surface area contributed by atoms with Crippen molar-refractivity contribution in [1.82, 2.24) is 4.90 Å². The zero-order valence-corrected chi connectivity index (χ0v) is 12.8. The van der Waals surface area contributed by atoms with E-state index in [1.54, 1.807) is 0 Å². The maximum Gasteiger partial charge on any atom is 0.119 e. The van der Waals surface area contributed by atoms with E-state index >= 15 is 0 Å². The summed E-state index contributed by atoms with van der Waals surface area (Å²) >= 11 is 4.93. The first kappa shape index (κ1) is 15.3. The van der Waals surface area contributed by atoms with E-state index in [2.05, 4.69) is 4.90 Å². The van der Waals surface area contributed by atoms with Crippen LogP contribution in [-0.4, -0.2) is 36.1 Å². The van der Waals surface area contributed by atoms with Crippen LogP contribution in [0.4, 0.5) is 0 Å². The number of hydrogen-bond donors (Lipinski definition) is 1. The van der Waals surface area contributed by atoms with Crippen molar-refractivity contribution >= 4 is 17.2 Å². The van der Waals surface area contributed by atoms with Gasteiger partial charge in [-0.1, -0.05) is 31.5 Å². The third-order valence-corrected chi connectivity index (χ3v) is 4.00. The molecule has 0 unspecified atom stereocenters. The highest BCUT2D eigenvalue weighted by atomic mass is 32.1. The van der Waals surface area contributed by atoms with E-state index in [0.29, 0.717) is 4.99 Å². The number of hydrogen-bond acceptors (Lipinski definition) is 3. The number of nitrogens with two attached hydrogens (primary N) is 1. The van der Waals surface area contributed by atoms with Crippen LogP contribution in [0.15, 0.2) is 24.3 Å². The lowest BCUT2D eigenvalue weighted by molar-refractivity contribution is 0.195. The molecule has 0 atom stereocenters. The lowest BCUT2D eigenvalue weighted by Crippen LogP contribution is -2.31. The normalized spacial score (nSPS) is 17.2. The molecule has 3 nitrogen and oxygen atoms in total. The Morgan fingerprint density at radius 3 is 2.25 bits per heavy atom. The summed E-state index contributed by atoms with van der Waals surface area (Å²) in [5.41, 5.74) is 6.46. The predicted octanol–water partition coefficient (Wildman–Crippen LogP) is 2.97. The average molecular weight is 292 g/mol. The fraction of sp³-hybridized carbons (Fsp3) is 0.562. The predicted molar refractivity (Wildman–Crippen MR) is 87.3 cm³/mol. The Kier molecular flexibility index (Phi) is 6.27. The van der Waals surface area contributed by atoms with Gasteiger partial charge in [-0.2, -0.15) is 0 Å². The van der Waals surface area contributed by atoms with Crippen LogP contribution >= 0.6 is 12.2 Å². The van der Waals surface area contributed by atoms with Crippen LogP contribution in [0.5, 0.6) is 5.75 Å². The molecule has 0 aliphatic carbocycles. The summed E-state index contributed by atoms with van der Waals surface area (Å²) in [5, 5.41) is 0. The SMILES string of the molecule is NC(=S)c1ccc(OCCN2CCCCCCC2)cc1. The number of rotatable bonds is 5. The lowest BCUT2D eigenvalue weighted by Gasteiger charge is -2.24. The van der Waals surface area contributed by atoms with E-state index in [-0.39, 0.29) is 0 Å². The zero-order valence-electron chi connectivity index (χ0n) is 12.0. The Bertz CT molecular complexity index is 411. The standard InChI is InChI=1S/C16H24N2OS/c17-16(20)14-6-8-15(9-7-14)19-13-12-18-10-4-2-1-3-5-11-18/h6-9H,1-5,10-13H2,(H2,17,20). The summed E-state index contributed by atoms with van der Waals surface area (Å²) in [7, 11) is 0. The van der Waals surface area contributed by atoms with E-state index in [0.717, 1.165) is 24.5 Å². The summed E-state index contributed by atoms with van der Waals surface area (Å²) < 4.78 is 5.79. The number of nitrogens with zero attached hydrogens (tertiary/aromatic N) is 1. The number of benzene rings is 1. The molecule has 0 spiro atoms. The van der Waals surface area contributed by atoms with Crippen LogP contribution in [0.2, 0.25) is 0 Å². The first-order valence-corrected chi connectivity index (χ1v) is 7.91. The van der Waals surface area contributed by atoms with E-state index in [1.807, 2.05) is 24.3 Å². The second-order valence-electron chi connectivity index (χ2n) is 5.35. The molecule has 0 aromatic heterocycles. The zero-order chi connectivity index (χ0) is 14.2.